The normalized spacial score (nSPS) is 14.6. The maximum Gasteiger partial charge on any atom is 1.00 e. The molecule has 0 saturated heterocycles. The summed E-state index contributed by atoms with van der Waals surface area (Å²) in [4.78, 5) is 15.0. The number of hydrogen-bond acceptors (Lipinski definition) is 6. The first-order valence-electron chi connectivity index (χ1n) is 7.98. The maximum absolute atomic E-state index is 12.5. The fraction of sp³-hybridized carbons (Fsp3) is 0.529. The molecule has 0 spiro atoms. The molecule has 0 saturated carbocycles. The van der Waals surface area contributed by atoms with Crippen molar-refractivity contribution in [2.75, 3.05) is 5.75 Å². The summed E-state index contributed by atoms with van der Waals surface area (Å²) < 4.78 is 32.3. The zero-order valence-electron chi connectivity index (χ0n) is 15.6. The van der Waals surface area contributed by atoms with Gasteiger partial charge in [-0.05, 0) is 30.2 Å². The van der Waals surface area contributed by atoms with E-state index in [1.54, 1.807) is 13.8 Å². The van der Waals surface area contributed by atoms with Crippen LogP contribution in [0.4, 0.5) is 0 Å². The van der Waals surface area contributed by atoms with E-state index in [1.807, 2.05) is 30.3 Å². The van der Waals surface area contributed by atoms with Crippen molar-refractivity contribution in [3.8, 4) is 0 Å². The van der Waals surface area contributed by atoms with Gasteiger partial charge in [0.25, 0.3) is 10.1 Å². The molecule has 6 nitrogen and oxygen atoms in total. The van der Waals surface area contributed by atoms with Crippen molar-refractivity contribution in [3.05, 3.63) is 35.9 Å². The molecule has 1 rings (SSSR count). The van der Waals surface area contributed by atoms with Crippen molar-refractivity contribution in [1.29, 1.82) is 0 Å². The Hall–Kier alpha value is -0.380. The van der Waals surface area contributed by atoms with E-state index in [2.05, 4.69) is 4.99 Å². The topological polar surface area (TPSA) is 107 Å². The standard InChI is InChI=1S/C17H25NO5S2.Na/c1-12(2)9-16(25(21,22)23)18-17(20)15(11-24-13(3)19)10-14-7-5-4-6-8-14;/h4-8,12,15-16H,9-11H2,1-3H3,(H,18,20)(H,21,22,23);/q;+1/p-1. The summed E-state index contributed by atoms with van der Waals surface area (Å²) in [6, 6.07) is 9.24. The SMILES string of the molecule is CC(=O)SCC(Cc1ccccc1)C([O-])=NC(CC(C)C)S(=O)(=O)O.[Na+]. The summed E-state index contributed by atoms with van der Waals surface area (Å²) in [5, 5.41) is 10.9. The van der Waals surface area contributed by atoms with E-state index in [4.69, 9.17) is 0 Å². The molecule has 0 aliphatic rings. The fourth-order valence-corrected chi connectivity index (χ4v) is 3.79. The molecule has 1 aromatic rings. The molecule has 0 radical (unpaired) electrons. The molecule has 0 aromatic heterocycles. The monoisotopic (exact) mass is 409 g/mol. The first-order valence-corrected chi connectivity index (χ1v) is 10.5. The number of carbonyl (C=O) groups excluding carboxylic acids is 1. The number of carbonyl (C=O) groups is 1. The van der Waals surface area contributed by atoms with Crippen LogP contribution in [0.3, 0.4) is 0 Å². The van der Waals surface area contributed by atoms with Gasteiger partial charge in [-0.2, -0.15) is 8.42 Å². The second kappa shape index (κ2) is 12.2. The van der Waals surface area contributed by atoms with E-state index >= 15 is 0 Å². The van der Waals surface area contributed by atoms with Gasteiger partial charge in [0.05, 0.1) is 0 Å². The molecule has 9 heteroatoms. The summed E-state index contributed by atoms with van der Waals surface area (Å²) in [5.41, 5.74) is 0.896. The minimum Gasteiger partial charge on any atom is -0.862 e. The molecular formula is C17H24NNaO5S2. The van der Waals surface area contributed by atoms with Crippen LogP contribution in [0, 0.1) is 11.8 Å². The molecule has 0 amide bonds. The molecule has 0 heterocycles. The Kier molecular flexibility index (Phi) is 12.0. The van der Waals surface area contributed by atoms with Gasteiger partial charge in [-0.15, -0.1) is 0 Å². The van der Waals surface area contributed by atoms with Crippen LogP contribution in [0.1, 0.15) is 32.8 Å². The minimum atomic E-state index is -4.45. The van der Waals surface area contributed by atoms with Crippen LogP contribution in [0.5, 0.6) is 0 Å². The maximum atomic E-state index is 12.5. The average Bonchev–Trinajstić information content (AvgIpc) is 2.50. The molecule has 140 valence electrons. The molecule has 2 unspecified atom stereocenters. The number of aliphatic imine (C=N–C) groups is 1. The van der Waals surface area contributed by atoms with Crippen molar-refractivity contribution in [1.82, 2.24) is 0 Å². The minimum absolute atomic E-state index is 0. The van der Waals surface area contributed by atoms with Gasteiger partial charge in [0, 0.05) is 18.6 Å². The van der Waals surface area contributed by atoms with Crippen molar-refractivity contribution in [2.24, 2.45) is 16.8 Å². The van der Waals surface area contributed by atoms with Gasteiger partial charge in [0.1, 0.15) is 0 Å². The number of nitrogens with zero attached hydrogens (tertiary/aromatic N) is 1. The van der Waals surface area contributed by atoms with Crippen LogP contribution in [0.25, 0.3) is 0 Å². The van der Waals surface area contributed by atoms with Crippen LogP contribution in [-0.4, -0.2) is 35.1 Å². The Bertz CT molecular complexity index is 692. The molecule has 1 aromatic carbocycles. The first-order chi connectivity index (χ1) is 11.6. The Labute approximate surface area is 181 Å². The molecule has 0 aliphatic carbocycles. The van der Waals surface area contributed by atoms with Crippen molar-refractivity contribution in [2.45, 2.75) is 39.0 Å². The summed E-state index contributed by atoms with van der Waals surface area (Å²) >= 11 is 1.00. The van der Waals surface area contributed by atoms with Gasteiger partial charge in [-0.25, -0.2) is 0 Å². The molecule has 2 atom stereocenters. The number of hydrogen-bond donors (Lipinski definition) is 1. The second-order valence-electron chi connectivity index (χ2n) is 6.26. The van der Waals surface area contributed by atoms with Crippen LogP contribution in [-0.2, 0) is 21.3 Å². The summed E-state index contributed by atoms with van der Waals surface area (Å²) in [6.07, 6.45) is 0.409. The van der Waals surface area contributed by atoms with Crippen molar-refractivity contribution in [3.63, 3.8) is 0 Å². The predicted octanol–water partition coefficient (Wildman–Crippen LogP) is -0.852. The third-order valence-corrected chi connectivity index (χ3v) is 5.41. The van der Waals surface area contributed by atoms with Crippen LogP contribution >= 0.6 is 11.8 Å². The van der Waals surface area contributed by atoms with Crippen LogP contribution < -0.4 is 34.7 Å². The third kappa shape index (κ3) is 10.1. The van der Waals surface area contributed by atoms with Gasteiger partial charge in [-0.3, -0.25) is 14.3 Å². The summed E-state index contributed by atoms with van der Waals surface area (Å²) in [7, 11) is -4.45. The molecule has 0 aliphatic heterocycles. The third-order valence-electron chi connectivity index (χ3n) is 3.45. The number of thioether (sulfide) groups is 1. The van der Waals surface area contributed by atoms with Crippen molar-refractivity contribution < 1.29 is 52.4 Å². The van der Waals surface area contributed by atoms with Gasteiger partial charge in [-0.1, -0.05) is 55.9 Å². The van der Waals surface area contributed by atoms with Gasteiger partial charge in [0.15, 0.2) is 10.5 Å². The molecule has 0 bridgehead atoms. The fourth-order valence-electron chi connectivity index (χ4n) is 2.23. The van der Waals surface area contributed by atoms with Gasteiger partial charge < -0.3 is 5.11 Å². The van der Waals surface area contributed by atoms with E-state index in [0.29, 0.717) is 6.42 Å². The Balaban J connectivity index is 0.00000625. The zero-order valence-corrected chi connectivity index (χ0v) is 19.2. The molecule has 0 fully saturated rings. The van der Waals surface area contributed by atoms with E-state index < -0.39 is 27.3 Å². The molecule has 26 heavy (non-hydrogen) atoms. The average molecular weight is 410 g/mol. The second-order valence-corrected chi connectivity index (χ2v) is 9.03. The zero-order chi connectivity index (χ0) is 19.0. The van der Waals surface area contributed by atoms with Crippen LogP contribution in [0.2, 0.25) is 0 Å². The van der Waals surface area contributed by atoms with E-state index in [0.717, 1.165) is 17.3 Å². The Morgan fingerprint density at radius 1 is 1.27 bits per heavy atom. The number of benzene rings is 1. The van der Waals surface area contributed by atoms with Crippen molar-refractivity contribution >= 4 is 32.9 Å². The van der Waals surface area contributed by atoms with Gasteiger partial charge in [0.2, 0.25) is 0 Å². The van der Waals surface area contributed by atoms with E-state index in [1.165, 1.54) is 6.92 Å². The molecular weight excluding hydrogens is 385 g/mol. The molecule has 1 N–H and O–H groups in total. The Morgan fingerprint density at radius 3 is 2.31 bits per heavy atom. The smallest absolute Gasteiger partial charge is 0.862 e. The summed E-state index contributed by atoms with van der Waals surface area (Å²) in [6.45, 7) is 4.97. The van der Waals surface area contributed by atoms with E-state index in [9.17, 15) is 22.9 Å². The first kappa shape index (κ1) is 25.6. The summed E-state index contributed by atoms with van der Waals surface area (Å²) in [5.74, 6) is -1.08. The Morgan fingerprint density at radius 2 is 1.85 bits per heavy atom. The largest absolute Gasteiger partial charge is 1.00 e. The van der Waals surface area contributed by atoms with E-state index in [-0.39, 0.29) is 52.8 Å². The predicted molar refractivity (Wildman–Crippen MR) is 99.0 cm³/mol. The van der Waals surface area contributed by atoms with Gasteiger partial charge >= 0.3 is 29.6 Å². The quantitative estimate of drug-likeness (QED) is 0.246. The number of rotatable bonds is 9. The van der Waals surface area contributed by atoms with Crippen LogP contribution in [0.15, 0.2) is 35.3 Å².